The van der Waals surface area contributed by atoms with Gasteiger partial charge < -0.3 is 16.0 Å². The molecule has 0 aromatic heterocycles. The molecule has 0 bridgehead atoms. The number of sulfone groups is 1. The minimum Gasteiger partial charge on any atom is -0.384 e. The number of hydrogen-bond donors (Lipinski definition) is 3. The molecule has 3 aromatic rings. The van der Waals surface area contributed by atoms with Crippen LogP contribution in [0.15, 0.2) is 65.6 Å². The SMILES string of the molecule is C[C@H](NC(=O)Nc1ccc(S(=O)(=O)Cc2ccc3c(c2)NCC3)cc1)c1cccc(Cl)c1Cl. The summed E-state index contributed by atoms with van der Waals surface area (Å²) in [5.41, 5.74) is 4.11. The van der Waals surface area contributed by atoms with E-state index in [1.807, 2.05) is 18.2 Å². The lowest BCUT2D eigenvalue weighted by molar-refractivity contribution is 0.249. The molecule has 1 heterocycles. The first-order chi connectivity index (χ1) is 15.7. The summed E-state index contributed by atoms with van der Waals surface area (Å²) in [5.74, 6) is -0.0901. The Morgan fingerprint density at radius 1 is 1.09 bits per heavy atom. The first kappa shape index (κ1) is 23.4. The third-order valence-electron chi connectivity index (χ3n) is 5.51. The molecule has 0 spiro atoms. The van der Waals surface area contributed by atoms with Crippen LogP contribution in [0.25, 0.3) is 0 Å². The topological polar surface area (TPSA) is 87.3 Å². The predicted octanol–water partition coefficient (Wildman–Crippen LogP) is 5.82. The molecule has 3 aromatic carbocycles. The van der Waals surface area contributed by atoms with E-state index in [2.05, 4.69) is 16.0 Å². The maximum absolute atomic E-state index is 12.9. The molecule has 1 aliphatic rings. The van der Waals surface area contributed by atoms with Crippen molar-refractivity contribution in [3.63, 3.8) is 0 Å². The van der Waals surface area contributed by atoms with Crippen LogP contribution in [0.3, 0.4) is 0 Å². The Morgan fingerprint density at radius 2 is 1.85 bits per heavy atom. The third-order valence-corrected chi connectivity index (χ3v) is 8.04. The second-order valence-corrected chi connectivity index (χ2v) is 10.7. The van der Waals surface area contributed by atoms with Gasteiger partial charge in [-0.15, -0.1) is 0 Å². The van der Waals surface area contributed by atoms with Crippen molar-refractivity contribution in [3.05, 3.63) is 87.4 Å². The highest BCUT2D eigenvalue weighted by atomic mass is 35.5. The molecule has 0 unspecified atom stereocenters. The predicted molar refractivity (Wildman–Crippen MR) is 133 cm³/mol. The molecule has 33 heavy (non-hydrogen) atoms. The molecule has 0 fully saturated rings. The van der Waals surface area contributed by atoms with Crippen LogP contribution in [0.4, 0.5) is 16.2 Å². The lowest BCUT2D eigenvalue weighted by Gasteiger charge is -2.17. The monoisotopic (exact) mass is 503 g/mol. The maximum atomic E-state index is 12.9. The van der Waals surface area contributed by atoms with Crippen molar-refractivity contribution in [2.45, 2.75) is 30.0 Å². The molecule has 0 saturated carbocycles. The summed E-state index contributed by atoms with van der Waals surface area (Å²) in [5, 5.41) is 9.57. The highest BCUT2D eigenvalue weighted by Crippen LogP contribution is 2.30. The summed E-state index contributed by atoms with van der Waals surface area (Å²) < 4.78 is 25.7. The number of carbonyl (C=O) groups is 1. The number of rotatable bonds is 6. The van der Waals surface area contributed by atoms with Gasteiger partial charge in [-0.05, 0) is 66.4 Å². The summed E-state index contributed by atoms with van der Waals surface area (Å²) >= 11 is 12.3. The number of carbonyl (C=O) groups excluding carboxylic acids is 1. The zero-order valence-electron chi connectivity index (χ0n) is 17.9. The standard InChI is InChI=1S/C24H23Cl2N3O3S/c1-15(20-3-2-4-21(25)23(20)26)28-24(30)29-18-7-9-19(10-8-18)33(31,32)14-16-5-6-17-11-12-27-22(17)13-16/h2-10,13,15,27H,11-12,14H2,1H3,(H2,28,29,30)/t15-/m0/s1. The van der Waals surface area contributed by atoms with E-state index in [4.69, 9.17) is 23.2 Å². The summed E-state index contributed by atoms with van der Waals surface area (Å²) in [7, 11) is -3.52. The Kier molecular flexibility index (Phi) is 6.83. The van der Waals surface area contributed by atoms with Gasteiger partial charge >= 0.3 is 6.03 Å². The molecule has 4 rings (SSSR count). The molecule has 1 aliphatic heterocycles. The molecule has 0 aliphatic carbocycles. The minimum atomic E-state index is -3.52. The second kappa shape index (κ2) is 9.63. The van der Waals surface area contributed by atoms with Crippen molar-refractivity contribution in [3.8, 4) is 0 Å². The first-order valence-electron chi connectivity index (χ1n) is 10.4. The van der Waals surface area contributed by atoms with Crippen LogP contribution in [0, 0.1) is 0 Å². The summed E-state index contributed by atoms with van der Waals surface area (Å²) in [6.45, 7) is 2.67. The Morgan fingerprint density at radius 3 is 2.61 bits per heavy atom. The van der Waals surface area contributed by atoms with E-state index in [9.17, 15) is 13.2 Å². The average Bonchev–Trinajstić information content (AvgIpc) is 3.23. The molecule has 6 nitrogen and oxygen atoms in total. The van der Waals surface area contributed by atoms with Crippen LogP contribution in [-0.4, -0.2) is 21.0 Å². The molecule has 172 valence electrons. The summed E-state index contributed by atoms with van der Waals surface area (Å²) in [6, 6.07) is 16.2. The summed E-state index contributed by atoms with van der Waals surface area (Å²) in [6.07, 6.45) is 0.954. The van der Waals surface area contributed by atoms with Gasteiger partial charge in [0.25, 0.3) is 0 Å². The van der Waals surface area contributed by atoms with Crippen LogP contribution in [0.5, 0.6) is 0 Å². The van der Waals surface area contributed by atoms with E-state index >= 15 is 0 Å². The lowest BCUT2D eigenvalue weighted by atomic mass is 10.1. The van der Waals surface area contributed by atoms with Crippen LogP contribution in [0.2, 0.25) is 10.0 Å². The second-order valence-electron chi connectivity index (χ2n) is 7.91. The van der Waals surface area contributed by atoms with Gasteiger partial charge in [0.1, 0.15) is 0 Å². The van der Waals surface area contributed by atoms with Crippen molar-refractivity contribution in [1.29, 1.82) is 0 Å². The van der Waals surface area contributed by atoms with Crippen molar-refractivity contribution >= 4 is 50.4 Å². The fraction of sp³-hybridized carbons (Fsp3) is 0.208. The fourth-order valence-electron chi connectivity index (χ4n) is 3.77. The van der Waals surface area contributed by atoms with E-state index in [1.165, 1.54) is 17.7 Å². The van der Waals surface area contributed by atoms with Gasteiger partial charge in [0.2, 0.25) is 0 Å². The molecule has 9 heteroatoms. The molecule has 3 N–H and O–H groups in total. The van der Waals surface area contributed by atoms with Crippen LogP contribution in [0.1, 0.15) is 29.7 Å². The van der Waals surface area contributed by atoms with Crippen molar-refractivity contribution in [1.82, 2.24) is 5.32 Å². The number of halogens is 2. The number of hydrogen-bond acceptors (Lipinski definition) is 4. The van der Waals surface area contributed by atoms with Gasteiger partial charge in [-0.2, -0.15) is 0 Å². The van der Waals surface area contributed by atoms with Gasteiger partial charge in [-0.3, -0.25) is 0 Å². The Balaban J connectivity index is 1.39. The highest BCUT2D eigenvalue weighted by Gasteiger charge is 2.18. The van der Waals surface area contributed by atoms with Crippen LogP contribution >= 0.6 is 23.2 Å². The molecule has 1 atom stereocenters. The van der Waals surface area contributed by atoms with E-state index < -0.39 is 15.9 Å². The fourth-order valence-corrected chi connectivity index (χ4v) is 5.58. The number of anilines is 2. The van der Waals surface area contributed by atoms with Gasteiger partial charge in [0.05, 0.1) is 26.7 Å². The van der Waals surface area contributed by atoms with Gasteiger partial charge in [-0.1, -0.05) is 47.5 Å². The number of amides is 2. The highest BCUT2D eigenvalue weighted by molar-refractivity contribution is 7.90. The van der Waals surface area contributed by atoms with E-state index in [-0.39, 0.29) is 16.7 Å². The first-order valence-corrected chi connectivity index (χ1v) is 12.8. The summed E-state index contributed by atoms with van der Waals surface area (Å²) in [4.78, 5) is 12.6. The van der Waals surface area contributed by atoms with Crippen molar-refractivity contribution in [2.75, 3.05) is 17.2 Å². The van der Waals surface area contributed by atoms with Crippen molar-refractivity contribution in [2.24, 2.45) is 0 Å². The number of fused-ring (bicyclic) bond motifs is 1. The molecule has 0 radical (unpaired) electrons. The zero-order chi connectivity index (χ0) is 23.6. The minimum absolute atomic E-state index is 0.0901. The van der Waals surface area contributed by atoms with Crippen molar-refractivity contribution < 1.29 is 13.2 Å². The van der Waals surface area contributed by atoms with E-state index in [0.29, 0.717) is 21.3 Å². The Hall–Kier alpha value is -2.74. The molecular weight excluding hydrogens is 481 g/mol. The smallest absolute Gasteiger partial charge is 0.319 e. The molecular formula is C24H23Cl2N3O3S. The van der Waals surface area contributed by atoms with Gasteiger partial charge in [0, 0.05) is 17.9 Å². The van der Waals surface area contributed by atoms with Crippen LogP contribution < -0.4 is 16.0 Å². The zero-order valence-corrected chi connectivity index (χ0v) is 20.2. The molecule has 2 amide bonds. The van der Waals surface area contributed by atoms with Gasteiger partial charge in [-0.25, -0.2) is 13.2 Å². The maximum Gasteiger partial charge on any atom is 0.319 e. The van der Waals surface area contributed by atoms with E-state index in [0.717, 1.165) is 24.2 Å². The lowest BCUT2D eigenvalue weighted by Crippen LogP contribution is -2.31. The average molecular weight is 504 g/mol. The van der Waals surface area contributed by atoms with Gasteiger partial charge in [0.15, 0.2) is 9.84 Å². The van der Waals surface area contributed by atoms with Crippen LogP contribution in [-0.2, 0) is 22.0 Å². The quantitative estimate of drug-likeness (QED) is 0.395. The number of nitrogens with one attached hydrogen (secondary N) is 3. The Bertz CT molecular complexity index is 1290. The van der Waals surface area contributed by atoms with E-state index in [1.54, 1.807) is 37.3 Å². The number of urea groups is 1. The molecule has 0 saturated heterocycles. The third kappa shape index (κ3) is 5.43. The number of benzene rings is 3. The Labute approximate surface area is 203 Å². The largest absolute Gasteiger partial charge is 0.384 e. The normalized spacial score (nSPS) is 13.7.